The molecule has 0 radical (unpaired) electrons. The number of hydrazine groups is 1. The van der Waals surface area contributed by atoms with Crippen LogP contribution in [0.3, 0.4) is 0 Å². The molecule has 0 unspecified atom stereocenters. The Morgan fingerprint density at radius 3 is 2.64 bits per heavy atom. The van der Waals surface area contributed by atoms with E-state index >= 15 is 0 Å². The monoisotopic (exact) mass is 355 g/mol. The number of benzene rings is 2. The van der Waals surface area contributed by atoms with Gasteiger partial charge in [-0.15, -0.1) is 0 Å². The van der Waals surface area contributed by atoms with Crippen molar-refractivity contribution < 1.29 is 9.59 Å². The molecule has 128 valence electrons. The summed E-state index contributed by atoms with van der Waals surface area (Å²) in [6.45, 7) is 3.81. The van der Waals surface area contributed by atoms with Crippen LogP contribution in [-0.4, -0.2) is 11.8 Å². The quantitative estimate of drug-likeness (QED) is 0.882. The van der Waals surface area contributed by atoms with Crippen molar-refractivity contribution in [2.75, 3.05) is 10.3 Å². The van der Waals surface area contributed by atoms with Crippen molar-refractivity contribution in [2.24, 2.45) is 0 Å². The van der Waals surface area contributed by atoms with Gasteiger partial charge in [0.15, 0.2) is 0 Å². The summed E-state index contributed by atoms with van der Waals surface area (Å²) in [5.74, 6) is -0.449. The highest BCUT2D eigenvalue weighted by Gasteiger charge is 2.25. The van der Waals surface area contributed by atoms with Crippen LogP contribution in [0, 0.1) is 13.8 Å². The lowest BCUT2D eigenvalue weighted by molar-refractivity contribution is -0.119. The second kappa shape index (κ2) is 6.99. The summed E-state index contributed by atoms with van der Waals surface area (Å²) >= 11 is 6.09. The molecule has 0 atom stereocenters. The molecule has 2 aromatic carbocycles. The Balaban J connectivity index is 1.78. The molecule has 1 aliphatic rings. The smallest absolute Gasteiger partial charge is 0.273 e. The highest BCUT2D eigenvalue weighted by Crippen LogP contribution is 2.23. The number of amides is 2. The molecule has 25 heavy (non-hydrogen) atoms. The first-order chi connectivity index (χ1) is 12.0. The van der Waals surface area contributed by atoms with Gasteiger partial charge in [-0.2, -0.15) is 0 Å². The molecule has 1 aliphatic heterocycles. The minimum absolute atomic E-state index is 0.121. The SMILES string of the molecule is Cc1ccc(NC(=O)C2=CCC(=O)N(c3ccccc3C)N2)cc1Cl. The minimum atomic E-state index is -0.328. The van der Waals surface area contributed by atoms with Crippen LogP contribution in [0.1, 0.15) is 17.5 Å². The number of nitrogens with one attached hydrogen (secondary N) is 2. The first kappa shape index (κ1) is 17.0. The Labute approximate surface area is 151 Å². The standard InChI is InChI=1S/C19H18ClN3O2/c1-12-7-8-14(11-15(12)20)21-19(25)16-9-10-18(24)23(22-16)17-6-4-3-5-13(17)2/h3-9,11,22H,10H2,1-2H3,(H,21,25). The van der Waals surface area contributed by atoms with Gasteiger partial charge in [0.2, 0.25) is 5.91 Å². The predicted octanol–water partition coefficient (Wildman–Crippen LogP) is 3.72. The van der Waals surface area contributed by atoms with E-state index in [0.29, 0.717) is 16.4 Å². The fourth-order valence-corrected chi connectivity index (χ4v) is 2.71. The molecule has 0 saturated carbocycles. The molecule has 2 N–H and O–H groups in total. The number of nitrogens with zero attached hydrogens (tertiary/aromatic N) is 1. The molecule has 1 heterocycles. The van der Waals surface area contributed by atoms with Gasteiger partial charge in [-0.05, 0) is 49.2 Å². The Hall–Kier alpha value is -2.79. The summed E-state index contributed by atoms with van der Waals surface area (Å²) in [6, 6.07) is 12.8. The second-order valence-corrected chi connectivity index (χ2v) is 6.27. The summed E-state index contributed by atoms with van der Waals surface area (Å²) < 4.78 is 0. The van der Waals surface area contributed by atoms with Gasteiger partial charge in [-0.25, -0.2) is 5.01 Å². The highest BCUT2D eigenvalue weighted by molar-refractivity contribution is 6.31. The van der Waals surface area contributed by atoms with Gasteiger partial charge in [0, 0.05) is 17.1 Å². The number of hydrogen-bond acceptors (Lipinski definition) is 3. The molecule has 0 saturated heterocycles. The molecule has 0 bridgehead atoms. The van der Waals surface area contributed by atoms with Gasteiger partial charge in [0.25, 0.3) is 5.91 Å². The normalized spacial score (nSPS) is 14.0. The molecule has 5 nitrogen and oxygen atoms in total. The van der Waals surface area contributed by atoms with Crippen molar-refractivity contribution in [1.29, 1.82) is 0 Å². The van der Waals surface area contributed by atoms with Crippen LogP contribution in [-0.2, 0) is 9.59 Å². The van der Waals surface area contributed by atoms with E-state index in [0.717, 1.165) is 16.8 Å². The molecule has 0 fully saturated rings. The molecule has 0 aliphatic carbocycles. The second-order valence-electron chi connectivity index (χ2n) is 5.87. The maximum Gasteiger partial charge on any atom is 0.273 e. The van der Waals surface area contributed by atoms with Crippen LogP contribution in [0.4, 0.5) is 11.4 Å². The largest absolute Gasteiger partial charge is 0.321 e. The van der Waals surface area contributed by atoms with Crippen LogP contribution in [0.2, 0.25) is 5.02 Å². The predicted molar refractivity (Wildman–Crippen MR) is 99.3 cm³/mol. The number of carbonyl (C=O) groups excluding carboxylic acids is 2. The summed E-state index contributed by atoms with van der Waals surface area (Å²) in [6.07, 6.45) is 1.74. The van der Waals surface area contributed by atoms with Crippen LogP contribution in [0.15, 0.2) is 54.2 Å². The third kappa shape index (κ3) is 3.67. The zero-order valence-corrected chi connectivity index (χ0v) is 14.7. The minimum Gasteiger partial charge on any atom is -0.321 e. The van der Waals surface area contributed by atoms with E-state index in [9.17, 15) is 9.59 Å². The zero-order chi connectivity index (χ0) is 18.0. The third-order valence-electron chi connectivity index (χ3n) is 3.99. The molecule has 3 rings (SSSR count). The average molecular weight is 356 g/mol. The molecule has 2 aromatic rings. The van der Waals surface area contributed by atoms with Crippen molar-refractivity contribution in [3.8, 4) is 0 Å². The van der Waals surface area contributed by atoms with Crippen molar-refractivity contribution in [3.63, 3.8) is 0 Å². The lowest BCUT2D eigenvalue weighted by atomic mass is 10.1. The molecule has 0 aromatic heterocycles. The van der Waals surface area contributed by atoms with Crippen molar-refractivity contribution >= 4 is 34.8 Å². The molecular formula is C19H18ClN3O2. The topological polar surface area (TPSA) is 61.4 Å². The lowest BCUT2D eigenvalue weighted by Gasteiger charge is -2.29. The summed E-state index contributed by atoms with van der Waals surface area (Å²) in [5.41, 5.74) is 6.43. The van der Waals surface area contributed by atoms with Crippen molar-refractivity contribution in [1.82, 2.24) is 5.43 Å². The lowest BCUT2D eigenvalue weighted by Crippen LogP contribution is -2.48. The van der Waals surface area contributed by atoms with E-state index in [1.165, 1.54) is 5.01 Å². The van der Waals surface area contributed by atoms with Gasteiger partial charge in [0.1, 0.15) is 5.70 Å². The number of para-hydroxylation sites is 1. The Kier molecular flexibility index (Phi) is 4.76. The number of carbonyl (C=O) groups is 2. The van der Waals surface area contributed by atoms with E-state index < -0.39 is 0 Å². The summed E-state index contributed by atoms with van der Waals surface area (Å²) in [4.78, 5) is 24.7. The first-order valence-corrected chi connectivity index (χ1v) is 8.26. The maximum atomic E-state index is 12.5. The first-order valence-electron chi connectivity index (χ1n) is 7.88. The van der Waals surface area contributed by atoms with Crippen LogP contribution in [0.5, 0.6) is 0 Å². The van der Waals surface area contributed by atoms with E-state index in [2.05, 4.69) is 10.7 Å². The average Bonchev–Trinajstić information content (AvgIpc) is 2.59. The Morgan fingerprint density at radius 2 is 1.92 bits per heavy atom. The van der Waals surface area contributed by atoms with Gasteiger partial charge in [0.05, 0.1) is 5.69 Å². The molecule has 2 amide bonds. The Bertz CT molecular complexity index is 877. The summed E-state index contributed by atoms with van der Waals surface area (Å²) in [7, 11) is 0. The van der Waals surface area contributed by atoms with Gasteiger partial charge >= 0.3 is 0 Å². The van der Waals surface area contributed by atoms with E-state index in [1.807, 2.05) is 44.2 Å². The Morgan fingerprint density at radius 1 is 1.16 bits per heavy atom. The fourth-order valence-electron chi connectivity index (χ4n) is 2.53. The third-order valence-corrected chi connectivity index (χ3v) is 4.40. The zero-order valence-electron chi connectivity index (χ0n) is 14.0. The number of rotatable bonds is 3. The maximum absolute atomic E-state index is 12.5. The van der Waals surface area contributed by atoms with E-state index in [-0.39, 0.29) is 18.2 Å². The van der Waals surface area contributed by atoms with Crippen molar-refractivity contribution in [2.45, 2.75) is 20.3 Å². The van der Waals surface area contributed by atoms with Crippen LogP contribution >= 0.6 is 11.6 Å². The van der Waals surface area contributed by atoms with Crippen molar-refractivity contribution in [3.05, 3.63) is 70.4 Å². The van der Waals surface area contributed by atoms with E-state index in [1.54, 1.807) is 18.2 Å². The molecule has 0 spiro atoms. The summed E-state index contributed by atoms with van der Waals surface area (Å²) in [5, 5.41) is 4.78. The highest BCUT2D eigenvalue weighted by atomic mass is 35.5. The van der Waals surface area contributed by atoms with Gasteiger partial charge < -0.3 is 5.32 Å². The number of halogens is 1. The van der Waals surface area contributed by atoms with Crippen LogP contribution < -0.4 is 15.8 Å². The van der Waals surface area contributed by atoms with E-state index in [4.69, 9.17) is 11.6 Å². The van der Waals surface area contributed by atoms with Gasteiger partial charge in [-0.1, -0.05) is 35.9 Å². The van der Waals surface area contributed by atoms with Crippen LogP contribution in [0.25, 0.3) is 0 Å². The number of anilines is 2. The van der Waals surface area contributed by atoms with Gasteiger partial charge in [-0.3, -0.25) is 15.0 Å². The number of hydrogen-bond donors (Lipinski definition) is 2. The number of aryl methyl sites for hydroxylation is 2. The molecule has 6 heteroatoms. The fraction of sp³-hybridized carbons (Fsp3) is 0.158. The molecular weight excluding hydrogens is 338 g/mol.